The van der Waals surface area contributed by atoms with E-state index in [1.54, 1.807) is 0 Å². The molecule has 0 aromatic rings. The van der Waals surface area contributed by atoms with Gasteiger partial charge >= 0.3 is 11.9 Å². The van der Waals surface area contributed by atoms with Gasteiger partial charge in [-0.15, -0.1) is 0 Å². The van der Waals surface area contributed by atoms with Crippen molar-refractivity contribution in [2.45, 2.75) is 119 Å². The lowest BCUT2D eigenvalue weighted by molar-refractivity contribution is -0.141. The van der Waals surface area contributed by atoms with E-state index in [-0.39, 0.29) is 11.9 Å². The number of esters is 2. The fourth-order valence-corrected chi connectivity index (χ4v) is 4.52. The van der Waals surface area contributed by atoms with Crippen molar-refractivity contribution in [3.05, 3.63) is 24.3 Å². The van der Waals surface area contributed by atoms with Gasteiger partial charge in [-0.2, -0.15) is 0 Å². The number of ether oxygens (including phenoxy) is 2. The molecule has 0 heterocycles. The summed E-state index contributed by atoms with van der Waals surface area (Å²) in [4.78, 5) is 27.6. The highest BCUT2D eigenvalue weighted by molar-refractivity contribution is 5.89. The van der Waals surface area contributed by atoms with Gasteiger partial charge in [0.1, 0.15) is 0 Å². The van der Waals surface area contributed by atoms with Crippen LogP contribution in [0.4, 0.5) is 0 Å². The van der Waals surface area contributed by atoms with Gasteiger partial charge in [-0.1, -0.05) is 112 Å². The second-order valence-electron chi connectivity index (χ2n) is 10.8. The van der Waals surface area contributed by atoms with E-state index >= 15 is 0 Å². The van der Waals surface area contributed by atoms with Crippen LogP contribution >= 0.6 is 0 Å². The van der Waals surface area contributed by atoms with Crippen LogP contribution in [-0.4, -0.2) is 49.7 Å². The lowest BCUT2D eigenvalue weighted by Gasteiger charge is -2.28. The third kappa shape index (κ3) is 16.8. The molecule has 0 amide bonds. The van der Waals surface area contributed by atoms with Crippen LogP contribution in [0.5, 0.6) is 0 Å². The van der Waals surface area contributed by atoms with E-state index in [2.05, 4.69) is 59.6 Å². The number of nitrogens with zero attached hydrogens (tertiary/aromatic N) is 1. The fraction of sp³-hybridized carbons (Fsp3) is 0.812. The molecule has 3 atom stereocenters. The molecule has 0 aliphatic rings. The van der Waals surface area contributed by atoms with Gasteiger partial charge in [0.05, 0.1) is 13.2 Å². The van der Waals surface area contributed by atoms with Gasteiger partial charge in [0.15, 0.2) is 0 Å². The molecular weight excluding hydrogens is 462 g/mol. The highest BCUT2D eigenvalue weighted by Crippen LogP contribution is 2.18. The quantitative estimate of drug-likeness (QED) is 0.0947. The molecule has 0 radical (unpaired) electrons. The predicted octanol–water partition coefficient (Wildman–Crippen LogP) is 8.14. The molecule has 0 rings (SSSR count). The molecule has 0 aliphatic carbocycles. The first kappa shape index (κ1) is 35.4. The minimum atomic E-state index is -0.337. The van der Waals surface area contributed by atoms with Crippen molar-refractivity contribution in [2.24, 2.45) is 17.8 Å². The lowest BCUT2D eigenvalue weighted by atomic mass is 9.98. The maximum absolute atomic E-state index is 12.8. The van der Waals surface area contributed by atoms with Crippen LogP contribution in [-0.2, 0) is 19.1 Å². The van der Waals surface area contributed by atoms with Crippen LogP contribution in [0.15, 0.2) is 24.3 Å². The van der Waals surface area contributed by atoms with E-state index in [0.717, 1.165) is 77.2 Å². The van der Waals surface area contributed by atoms with Gasteiger partial charge in [-0.3, -0.25) is 4.90 Å². The van der Waals surface area contributed by atoms with E-state index in [1.165, 1.54) is 6.42 Å². The molecule has 0 saturated heterocycles. The number of carbonyl (C=O) groups excluding carboxylic acids is 2. The third-order valence-corrected chi connectivity index (χ3v) is 7.45. The first-order valence-corrected chi connectivity index (χ1v) is 15.2. The molecule has 216 valence electrons. The van der Waals surface area contributed by atoms with Gasteiger partial charge in [-0.05, 0) is 37.0 Å². The molecule has 0 aliphatic heterocycles. The number of hydrogen-bond acceptors (Lipinski definition) is 5. The number of carbonyl (C=O) groups is 2. The summed E-state index contributed by atoms with van der Waals surface area (Å²) in [6.07, 6.45) is 13.3. The van der Waals surface area contributed by atoms with E-state index in [1.807, 2.05) is 0 Å². The molecule has 0 spiro atoms. The maximum atomic E-state index is 12.8. The zero-order valence-corrected chi connectivity index (χ0v) is 25.2. The van der Waals surface area contributed by atoms with Crippen LogP contribution in [0, 0.1) is 17.8 Å². The smallest absolute Gasteiger partial charge is 0.334 e. The Kier molecular flexibility index (Phi) is 21.4. The van der Waals surface area contributed by atoms with Crippen molar-refractivity contribution >= 4 is 11.9 Å². The maximum Gasteiger partial charge on any atom is 0.334 e. The third-order valence-electron chi connectivity index (χ3n) is 7.45. The average Bonchev–Trinajstić information content (AvgIpc) is 2.90. The van der Waals surface area contributed by atoms with Crippen molar-refractivity contribution in [3.63, 3.8) is 0 Å². The number of unbranched alkanes of at least 4 members (excludes halogenated alkanes) is 3. The molecule has 0 aromatic heterocycles. The first-order chi connectivity index (χ1) is 17.8. The largest absolute Gasteiger partial charge is 0.462 e. The van der Waals surface area contributed by atoms with Crippen LogP contribution in [0.3, 0.4) is 0 Å². The molecule has 5 heteroatoms. The summed E-state index contributed by atoms with van der Waals surface area (Å²) < 4.78 is 11.3. The summed E-state index contributed by atoms with van der Waals surface area (Å²) in [5.41, 5.74) is 0.866. The summed E-state index contributed by atoms with van der Waals surface area (Å²) in [6.45, 7) is 23.5. The Labute approximate surface area is 229 Å². The van der Waals surface area contributed by atoms with Crippen molar-refractivity contribution in [1.82, 2.24) is 4.90 Å². The number of rotatable bonds is 24. The molecule has 3 unspecified atom stereocenters. The Morgan fingerprint density at radius 3 is 1.30 bits per heavy atom. The second-order valence-corrected chi connectivity index (χ2v) is 10.8. The molecule has 0 bridgehead atoms. The van der Waals surface area contributed by atoms with Crippen LogP contribution in [0.1, 0.15) is 119 Å². The molecule has 37 heavy (non-hydrogen) atoms. The normalized spacial score (nSPS) is 13.7. The lowest BCUT2D eigenvalue weighted by Crippen LogP contribution is -2.36. The molecule has 0 N–H and O–H groups in total. The molecular formula is C32H59NO4. The first-order valence-electron chi connectivity index (χ1n) is 15.2. The fourth-order valence-electron chi connectivity index (χ4n) is 4.52. The van der Waals surface area contributed by atoms with E-state index in [0.29, 0.717) is 55.2 Å². The standard InChI is InChI=1S/C32H59NO4/c1-9-15-18-28(12-4)23-33(21-26(7)31(34)36-24-29(13-5)19-16-10-2)22-27(8)32(35)37-25-30(14-6)20-17-11-3/h28-30H,7-25H2,1-6H3. The van der Waals surface area contributed by atoms with Gasteiger partial charge in [0, 0.05) is 30.8 Å². The molecule has 5 nitrogen and oxygen atoms in total. The summed E-state index contributed by atoms with van der Waals surface area (Å²) in [7, 11) is 0. The van der Waals surface area contributed by atoms with E-state index in [9.17, 15) is 9.59 Å². The molecule has 0 saturated carbocycles. The monoisotopic (exact) mass is 521 g/mol. The van der Waals surface area contributed by atoms with E-state index < -0.39 is 0 Å². The van der Waals surface area contributed by atoms with E-state index in [4.69, 9.17) is 9.47 Å². The van der Waals surface area contributed by atoms with Crippen LogP contribution in [0.2, 0.25) is 0 Å². The summed E-state index contributed by atoms with van der Waals surface area (Å²) in [5.74, 6) is 0.604. The Morgan fingerprint density at radius 2 is 0.973 bits per heavy atom. The van der Waals surface area contributed by atoms with Crippen molar-refractivity contribution < 1.29 is 19.1 Å². The zero-order chi connectivity index (χ0) is 28.1. The minimum Gasteiger partial charge on any atom is -0.462 e. The SMILES string of the molecule is C=C(CN(CC(=C)C(=O)OCC(CC)CCCC)CC(CC)CCCC)C(=O)OCC(CC)CCCC. The topological polar surface area (TPSA) is 55.8 Å². The highest BCUT2D eigenvalue weighted by atomic mass is 16.5. The zero-order valence-electron chi connectivity index (χ0n) is 25.2. The Balaban J connectivity index is 5.14. The minimum absolute atomic E-state index is 0.337. The molecule has 0 aromatic carbocycles. The predicted molar refractivity (Wildman–Crippen MR) is 157 cm³/mol. The van der Waals surface area contributed by atoms with Crippen LogP contribution < -0.4 is 0 Å². The average molecular weight is 522 g/mol. The summed E-state index contributed by atoms with van der Waals surface area (Å²) in [6, 6.07) is 0. The summed E-state index contributed by atoms with van der Waals surface area (Å²) in [5, 5.41) is 0. The Morgan fingerprint density at radius 1 is 0.622 bits per heavy atom. The van der Waals surface area contributed by atoms with Crippen LogP contribution in [0.25, 0.3) is 0 Å². The van der Waals surface area contributed by atoms with Crippen molar-refractivity contribution in [3.8, 4) is 0 Å². The highest BCUT2D eigenvalue weighted by Gasteiger charge is 2.22. The van der Waals surface area contributed by atoms with Gasteiger partial charge < -0.3 is 9.47 Å². The van der Waals surface area contributed by atoms with Crippen molar-refractivity contribution in [1.29, 1.82) is 0 Å². The second kappa shape index (κ2) is 22.4. The Hall–Kier alpha value is -1.62. The molecule has 0 fully saturated rings. The van der Waals surface area contributed by atoms with Gasteiger partial charge in [0.25, 0.3) is 0 Å². The van der Waals surface area contributed by atoms with Gasteiger partial charge in [0.2, 0.25) is 0 Å². The summed E-state index contributed by atoms with van der Waals surface area (Å²) >= 11 is 0. The Bertz CT molecular complexity index is 599. The van der Waals surface area contributed by atoms with Gasteiger partial charge in [-0.25, -0.2) is 9.59 Å². The van der Waals surface area contributed by atoms with Crippen molar-refractivity contribution in [2.75, 3.05) is 32.8 Å². The number of hydrogen-bond donors (Lipinski definition) is 0.